The average molecular weight is 347 g/mol. The Kier molecular flexibility index (Phi) is 4.47. The van der Waals surface area contributed by atoms with Crippen molar-refractivity contribution in [3.63, 3.8) is 0 Å². The fourth-order valence-electron chi connectivity index (χ4n) is 2.11. The SMILES string of the molecule is COC(=O)c1cccc(N2CC(CCl)CC2=O)c1Br. The van der Waals surface area contributed by atoms with E-state index in [1.807, 2.05) is 0 Å². The van der Waals surface area contributed by atoms with Gasteiger partial charge in [0.25, 0.3) is 0 Å². The summed E-state index contributed by atoms with van der Waals surface area (Å²) >= 11 is 9.18. The van der Waals surface area contributed by atoms with Gasteiger partial charge in [-0.05, 0) is 34.0 Å². The second kappa shape index (κ2) is 5.92. The molecule has 19 heavy (non-hydrogen) atoms. The van der Waals surface area contributed by atoms with Crippen LogP contribution in [0.1, 0.15) is 16.8 Å². The van der Waals surface area contributed by atoms with Crippen molar-refractivity contribution < 1.29 is 14.3 Å². The number of hydrogen-bond donors (Lipinski definition) is 0. The molecule has 0 bridgehead atoms. The Bertz CT molecular complexity index is 521. The molecule has 1 saturated heterocycles. The van der Waals surface area contributed by atoms with E-state index in [0.717, 1.165) is 0 Å². The second-order valence-electron chi connectivity index (χ2n) is 4.36. The van der Waals surface area contributed by atoms with E-state index in [1.165, 1.54) is 7.11 Å². The van der Waals surface area contributed by atoms with Gasteiger partial charge in [-0.25, -0.2) is 4.79 Å². The normalized spacial score (nSPS) is 18.8. The highest BCUT2D eigenvalue weighted by Crippen LogP contribution is 2.34. The number of carbonyl (C=O) groups excluding carboxylic acids is 2. The zero-order valence-corrected chi connectivity index (χ0v) is 12.7. The summed E-state index contributed by atoms with van der Waals surface area (Å²) in [6, 6.07) is 5.18. The number of ether oxygens (including phenoxy) is 1. The zero-order chi connectivity index (χ0) is 14.0. The van der Waals surface area contributed by atoms with Gasteiger partial charge in [0, 0.05) is 18.8 Å². The molecule has 1 aromatic carbocycles. The summed E-state index contributed by atoms with van der Waals surface area (Å²) in [5.74, 6) is 0.196. The van der Waals surface area contributed by atoms with Crippen molar-refractivity contribution in [3.05, 3.63) is 28.2 Å². The van der Waals surface area contributed by atoms with Crippen molar-refractivity contribution in [2.24, 2.45) is 5.92 Å². The van der Waals surface area contributed by atoms with Crippen LogP contribution in [0.4, 0.5) is 5.69 Å². The fraction of sp³-hybridized carbons (Fsp3) is 0.385. The van der Waals surface area contributed by atoms with E-state index in [4.69, 9.17) is 16.3 Å². The van der Waals surface area contributed by atoms with Gasteiger partial charge < -0.3 is 9.64 Å². The van der Waals surface area contributed by atoms with Gasteiger partial charge in [0.1, 0.15) is 0 Å². The van der Waals surface area contributed by atoms with E-state index >= 15 is 0 Å². The summed E-state index contributed by atoms with van der Waals surface area (Å²) in [5, 5.41) is 0. The molecule has 2 rings (SSSR count). The lowest BCUT2D eigenvalue weighted by molar-refractivity contribution is -0.117. The molecule has 0 aromatic heterocycles. The number of amides is 1. The van der Waals surface area contributed by atoms with Gasteiger partial charge in [0.05, 0.1) is 22.8 Å². The maximum absolute atomic E-state index is 12.0. The molecule has 4 nitrogen and oxygen atoms in total. The van der Waals surface area contributed by atoms with E-state index in [9.17, 15) is 9.59 Å². The minimum atomic E-state index is -0.436. The van der Waals surface area contributed by atoms with Crippen LogP contribution >= 0.6 is 27.5 Å². The molecule has 1 amide bonds. The number of benzene rings is 1. The first-order valence-electron chi connectivity index (χ1n) is 5.81. The quantitative estimate of drug-likeness (QED) is 0.624. The lowest BCUT2D eigenvalue weighted by Crippen LogP contribution is -2.25. The smallest absolute Gasteiger partial charge is 0.339 e. The molecule has 1 unspecified atom stereocenters. The molecule has 1 atom stereocenters. The highest BCUT2D eigenvalue weighted by Gasteiger charge is 2.31. The molecule has 0 aliphatic carbocycles. The molecule has 1 aliphatic rings. The molecule has 0 spiro atoms. The number of carbonyl (C=O) groups is 2. The minimum absolute atomic E-state index is 0.0216. The predicted molar refractivity (Wildman–Crippen MR) is 76.7 cm³/mol. The van der Waals surface area contributed by atoms with Crippen LogP contribution < -0.4 is 4.90 Å². The van der Waals surface area contributed by atoms with E-state index < -0.39 is 5.97 Å². The first-order chi connectivity index (χ1) is 9.08. The summed E-state index contributed by atoms with van der Waals surface area (Å²) < 4.78 is 5.28. The Morgan fingerprint density at radius 3 is 2.89 bits per heavy atom. The van der Waals surface area contributed by atoms with E-state index in [1.54, 1.807) is 23.1 Å². The number of hydrogen-bond acceptors (Lipinski definition) is 3. The maximum Gasteiger partial charge on any atom is 0.339 e. The molecule has 1 fully saturated rings. The number of nitrogens with zero attached hydrogens (tertiary/aromatic N) is 1. The third kappa shape index (κ3) is 2.77. The van der Waals surface area contributed by atoms with Gasteiger partial charge in [-0.15, -0.1) is 11.6 Å². The Hall–Kier alpha value is -1.07. The highest BCUT2D eigenvalue weighted by atomic mass is 79.9. The zero-order valence-electron chi connectivity index (χ0n) is 10.4. The number of alkyl halides is 1. The molecule has 1 heterocycles. The maximum atomic E-state index is 12.0. The largest absolute Gasteiger partial charge is 0.465 e. The summed E-state index contributed by atoms with van der Waals surface area (Å²) in [7, 11) is 1.33. The summed E-state index contributed by atoms with van der Waals surface area (Å²) in [5.41, 5.74) is 1.09. The van der Waals surface area contributed by atoms with E-state index in [2.05, 4.69) is 15.9 Å². The van der Waals surface area contributed by atoms with Gasteiger partial charge >= 0.3 is 5.97 Å². The number of esters is 1. The van der Waals surface area contributed by atoms with Crippen molar-refractivity contribution in [2.75, 3.05) is 24.4 Å². The summed E-state index contributed by atoms with van der Waals surface area (Å²) in [6.07, 6.45) is 0.443. The Balaban J connectivity index is 2.36. The lowest BCUT2D eigenvalue weighted by Gasteiger charge is -2.19. The van der Waals surface area contributed by atoms with Crippen molar-refractivity contribution in [1.82, 2.24) is 0 Å². The van der Waals surface area contributed by atoms with Gasteiger partial charge in [0.2, 0.25) is 5.91 Å². The van der Waals surface area contributed by atoms with Crippen LogP contribution in [0.2, 0.25) is 0 Å². The average Bonchev–Trinajstić information content (AvgIpc) is 2.79. The van der Waals surface area contributed by atoms with Crippen LogP contribution in [0.25, 0.3) is 0 Å². The van der Waals surface area contributed by atoms with Crippen molar-refractivity contribution in [3.8, 4) is 0 Å². The minimum Gasteiger partial charge on any atom is -0.465 e. The molecule has 0 radical (unpaired) electrons. The van der Waals surface area contributed by atoms with E-state index in [0.29, 0.717) is 34.6 Å². The van der Waals surface area contributed by atoms with Crippen molar-refractivity contribution >= 4 is 45.1 Å². The molecular formula is C13H13BrClNO3. The predicted octanol–water partition coefficient (Wildman–Crippen LogP) is 2.83. The van der Waals surface area contributed by atoms with E-state index in [-0.39, 0.29) is 11.8 Å². The standard InChI is InChI=1S/C13H13BrClNO3/c1-19-13(18)9-3-2-4-10(12(9)14)16-7-8(6-15)5-11(16)17/h2-4,8H,5-7H2,1H3. The third-order valence-electron chi connectivity index (χ3n) is 3.10. The molecule has 1 aromatic rings. The fourth-order valence-corrected chi connectivity index (χ4v) is 2.96. The van der Waals surface area contributed by atoms with Crippen LogP contribution in [-0.2, 0) is 9.53 Å². The monoisotopic (exact) mass is 345 g/mol. The van der Waals surface area contributed by atoms with Crippen LogP contribution in [0, 0.1) is 5.92 Å². The van der Waals surface area contributed by atoms with Crippen LogP contribution in [0.15, 0.2) is 22.7 Å². The summed E-state index contributed by atoms with van der Waals surface area (Å²) in [4.78, 5) is 25.3. The third-order valence-corrected chi connectivity index (χ3v) is 4.37. The summed E-state index contributed by atoms with van der Waals surface area (Å²) in [6.45, 7) is 0.575. The molecule has 0 saturated carbocycles. The van der Waals surface area contributed by atoms with Gasteiger partial charge in [-0.1, -0.05) is 6.07 Å². The molecular weight excluding hydrogens is 334 g/mol. The number of methoxy groups -OCH3 is 1. The van der Waals surface area contributed by atoms with Crippen LogP contribution in [-0.4, -0.2) is 31.4 Å². The molecule has 6 heteroatoms. The van der Waals surface area contributed by atoms with Crippen LogP contribution in [0.5, 0.6) is 0 Å². The Morgan fingerprint density at radius 2 is 2.32 bits per heavy atom. The molecule has 1 aliphatic heterocycles. The number of rotatable bonds is 3. The lowest BCUT2D eigenvalue weighted by atomic mass is 10.1. The van der Waals surface area contributed by atoms with Gasteiger partial charge in [-0.2, -0.15) is 0 Å². The number of halogens is 2. The first kappa shape index (κ1) is 14.3. The van der Waals surface area contributed by atoms with Gasteiger partial charge in [-0.3, -0.25) is 4.79 Å². The molecule has 0 N–H and O–H groups in total. The van der Waals surface area contributed by atoms with Gasteiger partial charge in [0.15, 0.2) is 0 Å². The highest BCUT2D eigenvalue weighted by molar-refractivity contribution is 9.10. The second-order valence-corrected chi connectivity index (χ2v) is 5.46. The molecule has 102 valence electrons. The Morgan fingerprint density at radius 1 is 1.58 bits per heavy atom. The first-order valence-corrected chi connectivity index (χ1v) is 7.14. The Labute approximate surface area is 124 Å². The van der Waals surface area contributed by atoms with Crippen molar-refractivity contribution in [1.29, 1.82) is 0 Å². The topological polar surface area (TPSA) is 46.6 Å². The van der Waals surface area contributed by atoms with Crippen LogP contribution in [0.3, 0.4) is 0 Å². The van der Waals surface area contributed by atoms with Crippen molar-refractivity contribution in [2.45, 2.75) is 6.42 Å². The number of anilines is 1.